The summed E-state index contributed by atoms with van der Waals surface area (Å²) in [5, 5.41) is 4.53. The van der Waals surface area contributed by atoms with Crippen LogP contribution in [0.4, 0.5) is 0 Å². The molecule has 3 heteroatoms. The zero-order valence-electron chi connectivity index (χ0n) is 10.0. The van der Waals surface area contributed by atoms with Crippen LogP contribution < -0.4 is 5.32 Å². The van der Waals surface area contributed by atoms with Gasteiger partial charge < -0.3 is 5.32 Å². The Morgan fingerprint density at radius 1 is 1.18 bits per heavy atom. The highest BCUT2D eigenvalue weighted by Crippen LogP contribution is 2.21. The Hall–Kier alpha value is 0.200. The molecule has 0 bridgehead atoms. The molecule has 17 heavy (non-hydrogen) atoms. The molecule has 1 N–H and O–H groups in total. The Balaban J connectivity index is 1.85. The summed E-state index contributed by atoms with van der Waals surface area (Å²) in [6, 6.07) is 7.03. The van der Waals surface area contributed by atoms with Crippen molar-refractivity contribution in [3.05, 3.63) is 32.4 Å². The Kier molecular flexibility index (Phi) is 5.57. The molecular formula is C14H19ClIN. The number of halogens is 2. The zero-order valence-corrected chi connectivity index (χ0v) is 12.9. The maximum atomic E-state index is 6.13. The maximum Gasteiger partial charge on any atom is 0.0542 e. The van der Waals surface area contributed by atoms with E-state index in [9.17, 15) is 0 Å². The minimum atomic E-state index is 0.704. The van der Waals surface area contributed by atoms with Crippen molar-refractivity contribution in [2.75, 3.05) is 0 Å². The normalized spacial score (nSPS) is 18.0. The average molecular weight is 364 g/mol. The number of nitrogens with one attached hydrogen (secondary N) is 1. The summed E-state index contributed by atoms with van der Waals surface area (Å²) in [6.45, 7) is 0.946. The fourth-order valence-corrected chi connectivity index (χ4v) is 2.93. The largest absolute Gasteiger partial charge is 0.310 e. The Bertz CT molecular complexity index is 359. The minimum absolute atomic E-state index is 0.704. The lowest BCUT2D eigenvalue weighted by atomic mass is 10.1. The second kappa shape index (κ2) is 6.95. The molecular weight excluding hydrogens is 345 g/mol. The van der Waals surface area contributed by atoms with Gasteiger partial charge in [0, 0.05) is 16.2 Å². The first kappa shape index (κ1) is 13.6. The van der Waals surface area contributed by atoms with E-state index in [-0.39, 0.29) is 0 Å². The molecule has 0 atom stereocenters. The Labute approximate surface area is 122 Å². The van der Waals surface area contributed by atoms with Gasteiger partial charge in [-0.15, -0.1) is 0 Å². The fraction of sp³-hybridized carbons (Fsp3) is 0.571. The summed E-state index contributed by atoms with van der Waals surface area (Å²) in [4.78, 5) is 0. The topological polar surface area (TPSA) is 12.0 Å². The van der Waals surface area contributed by atoms with Crippen molar-refractivity contribution in [2.45, 2.75) is 51.1 Å². The van der Waals surface area contributed by atoms with Crippen molar-refractivity contribution >= 4 is 34.2 Å². The standard InChI is InChI=1S/C14H19ClIN/c15-13-9-11(7-8-14(13)16)10-17-12-5-3-1-2-4-6-12/h7-9,12,17H,1-6,10H2. The third kappa shape index (κ3) is 4.42. The average Bonchev–Trinajstić information content (AvgIpc) is 2.59. The van der Waals surface area contributed by atoms with Crippen LogP contribution in [0.1, 0.15) is 44.1 Å². The lowest BCUT2D eigenvalue weighted by molar-refractivity contribution is 0.459. The number of hydrogen-bond donors (Lipinski definition) is 1. The van der Waals surface area contributed by atoms with Gasteiger partial charge in [-0.05, 0) is 53.1 Å². The molecule has 1 aromatic carbocycles. The first-order chi connectivity index (χ1) is 8.25. The zero-order chi connectivity index (χ0) is 12.1. The van der Waals surface area contributed by atoms with Gasteiger partial charge in [0.1, 0.15) is 0 Å². The molecule has 1 saturated carbocycles. The molecule has 1 fully saturated rings. The molecule has 0 amide bonds. The van der Waals surface area contributed by atoms with E-state index in [0.29, 0.717) is 6.04 Å². The summed E-state index contributed by atoms with van der Waals surface area (Å²) in [7, 11) is 0. The molecule has 1 aromatic rings. The van der Waals surface area contributed by atoms with Gasteiger partial charge in [-0.1, -0.05) is 43.4 Å². The SMILES string of the molecule is Clc1cc(CNC2CCCCCC2)ccc1I. The molecule has 0 aliphatic heterocycles. The van der Waals surface area contributed by atoms with E-state index in [1.807, 2.05) is 0 Å². The molecule has 0 unspecified atom stereocenters. The summed E-state index contributed by atoms with van der Waals surface area (Å²) in [5.41, 5.74) is 1.29. The van der Waals surface area contributed by atoms with Gasteiger partial charge in [-0.2, -0.15) is 0 Å². The first-order valence-corrected chi connectivity index (χ1v) is 7.88. The Morgan fingerprint density at radius 2 is 1.88 bits per heavy atom. The van der Waals surface area contributed by atoms with E-state index in [2.05, 4.69) is 46.1 Å². The third-order valence-electron chi connectivity index (χ3n) is 3.43. The van der Waals surface area contributed by atoms with Crippen molar-refractivity contribution < 1.29 is 0 Å². The minimum Gasteiger partial charge on any atom is -0.310 e. The molecule has 0 spiro atoms. The van der Waals surface area contributed by atoms with E-state index in [1.54, 1.807) is 0 Å². The summed E-state index contributed by atoms with van der Waals surface area (Å²) >= 11 is 8.39. The molecule has 0 heterocycles. The van der Waals surface area contributed by atoms with Gasteiger partial charge >= 0.3 is 0 Å². The van der Waals surface area contributed by atoms with Gasteiger partial charge in [0.05, 0.1) is 5.02 Å². The fourth-order valence-electron chi connectivity index (χ4n) is 2.40. The van der Waals surface area contributed by atoms with Gasteiger partial charge in [-0.25, -0.2) is 0 Å². The van der Waals surface area contributed by atoms with Crippen LogP contribution in [0, 0.1) is 3.57 Å². The van der Waals surface area contributed by atoms with Crippen LogP contribution in [0.15, 0.2) is 18.2 Å². The second-order valence-electron chi connectivity index (χ2n) is 4.82. The van der Waals surface area contributed by atoms with E-state index in [0.717, 1.165) is 15.1 Å². The van der Waals surface area contributed by atoms with Gasteiger partial charge in [0.25, 0.3) is 0 Å². The molecule has 0 radical (unpaired) electrons. The third-order valence-corrected chi connectivity index (χ3v) is 5.01. The maximum absolute atomic E-state index is 6.13. The molecule has 1 nitrogen and oxygen atoms in total. The highest BCUT2D eigenvalue weighted by atomic mass is 127. The van der Waals surface area contributed by atoms with Gasteiger partial charge in [0.2, 0.25) is 0 Å². The van der Waals surface area contributed by atoms with E-state index >= 15 is 0 Å². The number of rotatable bonds is 3. The van der Waals surface area contributed by atoms with E-state index in [4.69, 9.17) is 11.6 Å². The highest BCUT2D eigenvalue weighted by Gasteiger charge is 2.11. The van der Waals surface area contributed by atoms with E-state index < -0.39 is 0 Å². The van der Waals surface area contributed by atoms with Crippen LogP contribution >= 0.6 is 34.2 Å². The van der Waals surface area contributed by atoms with E-state index in [1.165, 1.54) is 44.1 Å². The van der Waals surface area contributed by atoms with Crippen molar-refractivity contribution in [3.63, 3.8) is 0 Å². The van der Waals surface area contributed by atoms with Crippen molar-refractivity contribution in [3.8, 4) is 0 Å². The Morgan fingerprint density at radius 3 is 2.53 bits per heavy atom. The summed E-state index contributed by atoms with van der Waals surface area (Å²) in [6.07, 6.45) is 8.24. The lowest BCUT2D eigenvalue weighted by Crippen LogP contribution is -2.27. The van der Waals surface area contributed by atoms with Gasteiger partial charge in [-0.3, -0.25) is 0 Å². The molecule has 1 aliphatic rings. The van der Waals surface area contributed by atoms with Crippen LogP contribution in [-0.4, -0.2) is 6.04 Å². The predicted octanol–water partition coefficient (Wildman–Crippen LogP) is 4.76. The van der Waals surface area contributed by atoms with Crippen LogP contribution in [0.3, 0.4) is 0 Å². The summed E-state index contributed by atoms with van der Waals surface area (Å²) in [5.74, 6) is 0. The van der Waals surface area contributed by atoms with Crippen LogP contribution in [0.5, 0.6) is 0 Å². The lowest BCUT2D eigenvalue weighted by Gasteiger charge is -2.16. The molecule has 0 saturated heterocycles. The first-order valence-electron chi connectivity index (χ1n) is 6.43. The molecule has 2 rings (SSSR count). The molecule has 0 aromatic heterocycles. The highest BCUT2D eigenvalue weighted by molar-refractivity contribution is 14.1. The van der Waals surface area contributed by atoms with Gasteiger partial charge in [0.15, 0.2) is 0 Å². The molecule has 94 valence electrons. The number of benzene rings is 1. The van der Waals surface area contributed by atoms with Crippen LogP contribution in [0.25, 0.3) is 0 Å². The van der Waals surface area contributed by atoms with Crippen LogP contribution in [0.2, 0.25) is 5.02 Å². The van der Waals surface area contributed by atoms with Crippen LogP contribution in [-0.2, 0) is 6.54 Å². The second-order valence-corrected chi connectivity index (χ2v) is 6.39. The monoisotopic (exact) mass is 363 g/mol. The predicted molar refractivity (Wildman–Crippen MR) is 82.5 cm³/mol. The summed E-state index contributed by atoms with van der Waals surface area (Å²) < 4.78 is 1.13. The smallest absolute Gasteiger partial charge is 0.0542 e. The van der Waals surface area contributed by atoms with Crippen molar-refractivity contribution in [2.24, 2.45) is 0 Å². The molecule has 1 aliphatic carbocycles. The van der Waals surface area contributed by atoms with Crippen molar-refractivity contribution in [1.29, 1.82) is 0 Å². The number of hydrogen-bond acceptors (Lipinski definition) is 1. The van der Waals surface area contributed by atoms with Crippen molar-refractivity contribution in [1.82, 2.24) is 5.32 Å². The quantitative estimate of drug-likeness (QED) is 0.603.